The third kappa shape index (κ3) is 5.70. The first-order chi connectivity index (χ1) is 14.8. The van der Waals surface area contributed by atoms with Gasteiger partial charge in [0, 0.05) is 16.9 Å². The molecular weight excluding hydrogens is 414 g/mol. The van der Waals surface area contributed by atoms with Gasteiger partial charge in [-0.3, -0.25) is 14.3 Å². The van der Waals surface area contributed by atoms with Crippen LogP contribution in [0.1, 0.15) is 21.5 Å². The molecule has 0 aliphatic heterocycles. The number of carbonyl (C=O) groups is 2. The number of nitrogens with one attached hydrogen (secondary N) is 3. The summed E-state index contributed by atoms with van der Waals surface area (Å²) in [5.74, 6) is -0.775. The number of hydrogen-bond donors (Lipinski definition) is 3. The maximum absolute atomic E-state index is 12.4. The van der Waals surface area contributed by atoms with E-state index < -0.39 is 15.9 Å². The number of sulfonamides is 1. The molecule has 0 radical (unpaired) electrons. The highest BCUT2D eigenvalue weighted by Crippen LogP contribution is 2.18. The van der Waals surface area contributed by atoms with Crippen LogP contribution in [-0.4, -0.2) is 26.8 Å². The van der Waals surface area contributed by atoms with Crippen molar-refractivity contribution in [2.45, 2.75) is 18.7 Å². The zero-order chi connectivity index (χ0) is 22.4. The topological polar surface area (TPSA) is 104 Å². The van der Waals surface area contributed by atoms with Gasteiger partial charge in [-0.25, -0.2) is 8.42 Å². The van der Waals surface area contributed by atoms with Crippen LogP contribution in [0.5, 0.6) is 0 Å². The Bertz CT molecular complexity index is 1190. The number of amides is 2. The van der Waals surface area contributed by atoms with E-state index in [2.05, 4.69) is 15.4 Å². The first kappa shape index (κ1) is 22.0. The normalized spacial score (nSPS) is 10.9. The number of anilines is 2. The van der Waals surface area contributed by atoms with Crippen LogP contribution in [0.2, 0.25) is 0 Å². The van der Waals surface area contributed by atoms with E-state index in [1.54, 1.807) is 24.3 Å². The zero-order valence-corrected chi connectivity index (χ0v) is 18.0. The van der Waals surface area contributed by atoms with E-state index >= 15 is 0 Å². The summed E-state index contributed by atoms with van der Waals surface area (Å²) in [5.41, 5.74) is 3.37. The highest BCUT2D eigenvalue weighted by Gasteiger charge is 2.14. The molecule has 0 saturated carbocycles. The summed E-state index contributed by atoms with van der Waals surface area (Å²) < 4.78 is 27.2. The molecular formula is C23H23N3O4S. The lowest BCUT2D eigenvalue weighted by Gasteiger charge is -2.11. The van der Waals surface area contributed by atoms with Gasteiger partial charge < -0.3 is 10.6 Å². The SMILES string of the molecule is Cc1cccc(NC(=O)CNC(=O)c2ccc(NS(=O)(=O)c3ccccc3)cc2)c1C. The lowest BCUT2D eigenvalue weighted by Crippen LogP contribution is -2.33. The molecule has 3 N–H and O–H groups in total. The number of aryl methyl sites for hydroxylation is 1. The number of hydrogen-bond acceptors (Lipinski definition) is 4. The maximum Gasteiger partial charge on any atom is 0.261 e. The van der Waals surface area contributed by atoms with Crippen molar-refractivity contribution in [2.75, 3.05) is 16.6 Å². The molecule has 0 spiro atoms. The fourth-order valence-corrected chi connectivity index (χ4v) is 3.93. The van der Waals surface area contributed by atoms with Crippen molar-refractivity contribution in [1.29, 1.82) is 0 Å². The van der Waals surface area contributed by atoms with Crippen LogP contribution in [0.3, 0.4) is 0 Å². The molecule has 0 aromatic heterocycles. The van der Waals surface area contributed by atoms with Crippen molar-refractivity contribution in [3.8, 4) is 0 Å². The number of benzene rings is 3. The monoisotopic (exact) mass is 437 g/mol. The average molecular weight is 438 g/mol. The van der Waals surface area contributed by atoms with Gasteiger partial charge in [-0.2, -0.15) is 0 Å². The molecule has 160 valence electrons. The summed E-state index contributed by atoms with van der Waals surface area (Å²) in [5, 5.41) is 5.33. The Morgan fingerprint density at radius 1 is 0.839 bits per heavy atom. The molecule has 0 unspecified atom stereocenters. The van der Waals surface area contributed by atoms with Gasteiger partial charge in [-0.05, 0) is 67.4 Å². The number of rotatable bonds is 7. The second-order valence-corrected chi connectivity index (χ2v) is 8.66. The van der Waals surface area contributed by atoms with Crippen molar-refractivity contribution >= 4 is 33.2 Å². The van der Waals surface area contributed by atoms with E-state index in [0.717, 1.165) is 11.1 Å². The quantitative estimate of drug-likeness (QED) is 0.526. The first-order valence-electron chi connectivity index (χ1n) is 9.58. The Balaban J connectivity index is 1.56. The van der Waals surface area contributed by atoms with Crippen molar-refractivity contribution in [3.05, 3.63) is 89.5 Å². The van der Waals surface area contributed by atoms with Crippen LogP contribution < -0.4 is 15.4 Å². The molecule has 31 heavy (non-hydrogen) atoms. The molecule has 0 saturated heterocycles. The van der Waals surface area contributed by atoms with Crippen LogP contribution in [0.4, 0.5) is 11.4 Å². The molecule has 0 heterocycles. The minimum Gasteiger partial charge on any atom is -0.343 e. The molecule has 0 aliphatic carbocycles. The van der Waals surface area contributed by atoms with Crippen LogP contribution in [-0.2, 0) is 14.8 Å². The predicted octanol–water partition coefficient (Wildman–Crippen LogP) is 3.47. The highest BCUT2D eigenvalue weighted by atomic mass is 32.2. The van der Waals surface area contributed by atoms with Gasteiger partial charge in [0.2, 0.25) is 5.91 Å². The van der Waals surface area contributed by atoms with Gasteiger partial charge >= 0.3 is 0 Å². The van der Waals surface area contributed by atoms with E-state index in [-0.39, 0.29) is 17.3 Å². The summed E-state index contributed by atoms with van der Waals surface area (Å²) in [4.78, 5) is 24.6. The van der Waals surface area contributed by atoms with Crippen molar-refractivity contribution in [1.82, 2.24) is 5.32 Å². The summed E-state index contributed by atoms with van der Waals surface area (Å²) >= 11 is 0. The molecule has 0 fully saturated rings. The van der Waals surface area contributed by atoms with Crippen molar-refractivity contribution in [2.24, 2.45) is 0 Å². The van der Waals surface area contributed by atoms with E-state index in [9.17, 15) is 18.0 Å². The van der Waals surface area contributed by atoms with E-state index in [4.69, 9.17) is 0 Å². The standard InChI is InChI=1S/C23H23N3O4S/c1-16-7-6-10-21(17(16)2)25-22(27)15-24-23(28)18-11-13-19(14-12-18)26-31(29,30)20-8-4-3-5-9-20/h3-14,26H,15H2,1-2H3,(H,24,28)(H,25,27). The van der Waals surface area contributed by atoms with Gasteiger partial charge in [-0.1, -0.05) is 30.3 Å². The van der Waals surface area contributed by atoms with Gasteiger partial charge in [0.25, 0.3) is 15.9 Å². The minimum atomic E-state index is -3.71. The third-order valence-corrected chi connectivity index (χ3v) is 6.14. The zero-order valence-electron chi connectivity index (χ0n) is 17.2. The Morgan fingerprint density at radius 2 is 1.52 bits per heavy atom. The summed E-state index contributed by atoms with van der Waals surface area (Å²) in [6, 6.07) is 19.6. The van der Waals surface area contributed by atoms with Crippen molar-refractivity contribution in [3.63, 3.8) is 0 Å². The smallest absolute Gasteiger partial charge is 0.261 e. The van der Waals surface area contributed by atoms with Crippen LogP contribution in [0, 0.1) is 13.8 Å². The molecule has 0 atom stereocenters. The fourth-order valence-electron chi connectivity index (χ4n) is 2.85. The Labute approximate surface area is 181 Å². The molecule has 3 aromatic rings. The fraction of sp³-hybridized carbons (Fsp3) is 0.130. The van der Waals surface area contributed by atoms with Crippen LogP contribution in [0.15, 0.2) is 77.7 Å². The molecule has 0 bridgehead atoms. The molecule has 7 nitrogen and oxygen atoms in total. The Kier molecular flexibility index (Phi) is 6.71. The van der Waals surface area contributed by atoms with E-state index in [1.807, 2.05) is 26.0 Å². The predicted molar refractivity (Wildman–Crippen MR) is 121 cm³/mol. The van der Waals surface area contributed by atoms with Crippen LogP contribution >= 0.6 is 0 Å². The van der Waals surface area contributed by atoms with Gasteiger partial charge in [0.05, 0.1) is 11.4 Å². The minimum absolute atomic E-state index is 0.145. The summed E-state index contributed by atoms with van der Waals surface area (Å²) in [6.07, 6.45) is 0. The van der Waals surface area contributed by atoms with E-state index in [1.165, 1.54) is 36.4 Å². The molecule has 2 amide bonds. The molecule has 0 aliphatic rings. The Morgan fingerprint density at radius 3 is 2.19 bits per heavy atom. The third-order valence-electron chi connectivity index (χ3n) is 4.74. The van der Waals surface area contributed by atoms with Gasteiger partial charge in [0.1, 0.15) is 0 Å². The van der Waals surface area contributed by atoms with Gasteiger partial charge in [0.15, 0.2) is 0 Å². The molecule has 3 aromatic carbocycles. The van der Waals surface area contributed by atoms with Crippen LogP contribution in [0.25, 0.3) is 0 Å². The highest BCUT2D eigenvalue weighted by molar-refractivity contribution is 7.92. The lowest BCUT2D eigenvalue weighted by molar-refractivity contribution is -0.115. The average Bonchev–Trinajstić information content (AvgIpc) is 2.76. The second kappa shape index (κ2) is 9.44. The first-order valence-corrected chi connectivity index (χ1v) is 11.1. The molecule has 3 rings (SSSR count). The number of carbonyl (C=O) groups excluding carboxylic acids is 2. The van der Waals surface area contributed by atoms with E-state index in [0.29, 0.717) is 16.9 Å². The van der Waals surface area contributed by atoms with Gasteiger partial charge in [-0.15, -0.1) is 0 Å². The largest absolute Gasteiger partial charge is 0.343 e. The Hall–Kier alpha value is -3.65. The summed E-state index contributed by atoms with van der Waals surface area (Å²) in [6.45, 7) is 3.68. The lowest BCUT2D eigenvalue weighted by atomic mass is 10.1. The van der Waals surface area contributed by atoms with Crippen molar-refractivity contribution < 1.29 is 18.0 Å². The summed E-state index contributed by atoms with van der Waals surface area (Å²) in [7, 11) is -3.71. The second-order valence-electron chi connectivity index (χ2n) is 6.97. The maximum atomic E-state index is 12.4. The molecule has 8 heteroatoms.